The van der Waals surface area contributed by atoms with Gasteiger partial charge in [-0.25, -0.2) is 14.8 Å². The zero-order valence-electron chi connectivity index (χ0n) is 10.3. The molecule has 0 spiro atoms. The molecule has 0 unspecified atom stereocenters. The second-order valence-corrected chi connectivity index (χ2v) is 4.51. The number of carboxylic acid groups (broad SMARTS) is 1. The summed E-state index contributed by atoms with van der Waals surface area (Å²) in [5.41, 5.74) is 2.65. The fourth-order valence-electron chi connectivity index (χ4n) is 2.33. The average molecular weight is 255 g/mol. The van der Waals surface area contributed by atoms with Gasteiger partial charge in [0.15, 0.2) is 5.69 Å². The number of hydrogen-bond acceptors (Lipinski definition) is 4. The lowest BCUT2D eigenvalue weighted by atomic mass is 10.00. The summed E-state index contributed by atoms with van der Waals surface area (Å²) in [6.45, 7) is 1.60. The summed E-state index contributed by atoms with van der Waals surface area (Å²) >= 11 is 0. The van der Waals surface area contributed by atoms with Crippen molar-refractivity contribution in [3.05, 3.63) is 53.5 Å². The zero-order chi connectivity index (χ0) is 13.2. The van der Waals surface area contributed by atoms with Crippen molar-refractivity contribution in [3.63, 3.8) is 0 Å². The average Bonchev–Trinajstić information content (AvgIpc) is 2.47. The Morgan fingerprint density at radius 1 is 1.21 bits per heavy atom. The van der Waals surface area contributed by atoms with Crippen LogP contribution in [-0.4, -0.2) is 27.6 Å². The minimum Gasteiger partial charge on any atom is -0.477 e. The number of aromatic nitrogens is 2. The number of carboxylic acids is 1. The SMILES string of the molecule is O=C(O)c1cc(N2CCc3ccccc3C2)ncn1. The molecule has 96 valence electrons. The molecule has 2 heterocycles. The van der Waals surface area contributed by atoms with E-state index in [1.807, 2.05) is 12.1 Å². The van der Waals surface area contributed by atoms with Gasteiger partial charge in [-0.3, -0.25) is 0 Å². The van der Waals surface area contributed by atoms with E-state index >= 15 is 0 Å². The van der Waals surface area contributed by atoms with E-state index in [1.54, 1.807) is 0 Å². The highest BCUT2D eigenvalue weighted by atomic mass is 16.4. The monoisotopic (exact) mass is 255 g/mol. The number of nitrogens with zero attached hydrogens (tertiary/aromatic N) is 3. The van der Waals surface area contributed by atoms with E-state index in [0.717, 1.165) is 19.5 Å². The van der Waals surface area contributed by atoms with Crippen LogP contribution in [0.2, 0.25) is 0 Å². The number of aromatic carboxylic acids is 1. The molecule has 0 radical (unpaired) electrons. The van der Waals surface area contributed by atoms with Crippen molar-refractivity contribution < 1.29 is 9.90 Å². The van der Waals surface area contributed by atoms with Gasteiger partial charge in [0, 0.05) is 19.2 Å². The standard InChI is InChI=1S/C14H13N3O2/c18-14(19)12-7-13(16-9-15-12)17-6-5-10-3-1-2-4-11(10)8-17/h1-4,7,9H,5-6,8H2,(H,18,19). The van der Waals surface area contributed by atoms with Gasteiger partial charge in [0.25, 0.3) is 0 Å². The second kappa shape index (κ2) is 4.68. The molecule has 0 bridgehead atoms. The first-order valence-corrected chi connectivity index (χ1v) is 6.11. The van der Waals surface area contributed by atoms with E-state index in [9.17, 15) is 4.79 Å². The molecule has 1 aromatic heterocycles. The summed E-state index contributed by atoms with van der Waals surface area (Å²) < 4.78 is 0. The molecule has 2 aromatic rings. The molecule has 0 saturated carbocycles. The Labute approximate surface area is 110 Å². The molecular formula is C14H13N3O2. The van der Waals surface area contributed by atoms with Gasteiger partial charge in [-0.05, 0) is 17.5 Å². The molecule has 1 N–H and O–H groups in total. The highest BCUT2D eigenvalue weighted by molar-refractivity contribution is 5.86. The van der Waals surface area contributed by atoms with E-state index in [1.165, 1.54) is 23.5 Å². The molecule has 3 rings (SSSR count). The molecule has 0 atom stereocenters. The van der Waals surface area contributed by atoms with E-state index in [4.69, 9.17) is 5.11 Å². The third-order valence-corrected chi connectivity index (χ3v) is 3.33. The van der Waals surface area contributed by atoms with Crippen molar-refractivity contribution in [3.8, 4) is 0 Å². The van der Waals surface area contributed by atoms with Crippen LogP contribution < -0.4 is 4.90 Å². The van der Waals surface area contributed by atoms with E-state index in [-0.39, 0.29) is 5.69 Å². The molecule has 0 fully saturated rings. The lowest BCUT2D eigenvalue weighted by molar-refractivity contribution is 0.0690. The summed E-state index contributed by atoms with van der Waals surface area (Å²) in [6, 6.07) is 9.82. The predicted octanol–water partition coefficient (Wildman–Crippen LogP) is 1.74. The number of benzene rings is 1. The number of anilines is 1. The summed E-state index contributed by atoms with van der Waals surface area (Å²) in [6.07, 6.45) is 2.25. The summed E-state index contributed by atoms with van der Waals surface area (Å²) in [4.78, 5) is 20.9. The highest BCUT2D eigenvalue weighted by Gasteiger charge is 2.18. The summed E-state index contributed by atoms with van der Waals surface area (Å²) in [7, 11) is 0. The van der Waals surface area contributed by atoms with Crippen molar-refractivity contribution in [2.75, 3.05) is 11.4 Å². The Morgan fingerprint density at radius 3 is 2.79 bits per heavy atom. The lowest BCUT2D eigenvalue weighted by Gasteiger charge is -2.29. The smallest absolute Gasteiger partial charge is 0.354 e. The number of fused-ring (bicyclic) bond motifs is 1. The van der Waals surface area contributed by atoms with Crippen molar-refractivity contribution in [1.29, 1.82) is 0 Å². The van der Waals surface area contributed by atoms with Crippen LogP contribution in [0, 0.1) is 0 Å². The molecule has 1 aliphatic heterocycles. The van der Waals surface area contributed by atoms with Gasteiger partial charge in [0.1, 0.15) is 12.1 Å². The Bertz CT molecular complexity index is 628. The highest BCUT2D eigenvalue weighted by Crippen LogP contribution is 2.22. The van der Waals surface area contributed by atoms with Gasteiger partial charge in [-0.1, -0.05) is 24.3 Å². The van der Waals surface area contributed by atoms with E-state index in [2.05, 4.69) is 27.0 Å². The summed E-state index contributed by atoms with van der Waals surface area (Å²) in [5.74, 6) is -0.358. The maximum Gasteiger partial charge on any atom is 0.354 e. The molecule has 0 amide bonds. The third-order valence-electron chi connectivity index (χ3n) is 3.33. The number of carbonyl (C=O) groups is 1. The van der Waals surface area contributed by atoms with Gasteiger partial charge in [0.2, 0.25) is 0 Å². The van der Waals surface area contributed by atoms with Crippen molar-refractivity contribution in [2.24, 2.45) is 0 Å². The van der Waals surface area contributed by atoms with Gasteiger partial charge >= 0.3 is 5.97 Å². The predicted molar refractivity (Wildman–Crippen MR) is 70.2 cm³/mol. The van der Waals surface area contributed by atoms with E-state index in [0.29, 0.717) is 5.82 Å². The van der Waals surface area contributed by atoms with E-state index < -0.39 is 5.97 Å². The number of rotatable bonds is 2. The lowest BCUT2D eigenvalue weighted by Crippen LogP contribution is -2.31. The molecule has 0 aliphatic carbocycles. The fraction of sp³-hybridized carbons (Fsp3) is 0.214. The van der Waals surface area contributed by atoms with Crippen LogP contribution in [0.15, 0.2) is 36.7 Å². The minimum atomic E-state index is -1.03. The Hall–Kier alpha value is -2.43. The van der Waals surface area contributed by atoms with Crippen LogP contribution in [0.4, 0.5) is 5.82 Å². The first kappa shape index (κ1) is 11.6. The maximum atomic E-state index is 10.9. The normalized spacial score (nSPS) is 14.0. The quantitative estimate of drug-likeness (QED) is 0.885. The Kier molecular flexibility index (Phi) is 2.87. The molecule has 5 nitrogen and oxygen atoms in total. The van der Waals surface area contributed by atoms with Crippen molar-refractivity contribution >= 4 is 11.8 Å². The second-order valence-electron chi connectivity index (χ2n) is 4.51. The molecule has 1 aliphatic rings. The first-order chi connectivity index (χ1) is 9.24. The van der Waals surface area contributed by atoms with Crippen molar-refractivity contribution in [2.45, 2.75) is 13.0 Å². The van der Waals surface area contributed by atoms with Crippen molar-refractivity contribution in [1.82, 2.24) is 9.97 Å². The molecule has 0 saturated heterocycles. The molecule has 1 aromatic carbocycles. The summed E-state index contributed by atoms with van der Waals surface area (Å²) in [5, 5.41) is 8.96. The molecule has 5 heteroatoms. The molecule has 19 heavy (non-hydrogen) atoms. The minimum absolute atomic E-state index is 0.0314. The Morgan fingerprint density at radius 2 is 2.00 bits per heavy atom. The third kappa shape index (κ3) is 2.27. The van der Waals surface area contributed by atoms with Gasteiger partial charge in [-0.2, -0.15) is 0 Å². The number of hydrogen-bond donors (Lipinski definition) is 1. The maximum absolute atomic E-state index is 10.9. The van der Waals surface area contributed by atoms with Crippen LogP contribution in [0.1, 0.15) is 21.6 Å². The topological polar surface area (TPSA) is 66.3 Å². The van der Waals surface area contributed by atoms with Crippen LogP contribution in [0.3, 0.4) is 0 Å². The van der Waals surface area contributed by atoms with Crippen LogP contribution in [-0.2, 0) is 13.0 Å². The van der Waals surface area contributed by atoms with Crippen LogP contribution in [0.5, 0.6) is 0 Å². The largest absolute Gasteiger partial charge is 0.477 e. The van der Waals surface area contributed by atoms with Gasteiger partial charge in [-0.15, -0.1) is 0 Å². The zero-order valence-corrected chi connectivity index (χ0v) is 10.3. The first-order valence-electron chi connectivity index (χ1n) is 6.11. The van der Waals surface area contributed by atoms with Gasteiger partial charge < -0.3 is 10.0 Å². The fourth-order valence-corrected chi connectivity index (χ4v) is 2.33. The van der Waals surface area contributed by atoms with Gasteiger partial charge in [0.05, 0.1) is 0 Å². The van der Waals surface area contributed by atoms with Crippen LogP contribution in [0.25, 0.3) is 0 Å². The van der Waals surface area contributed by atoms with Crippen LogP contribution >= 0.6 is 0 Å². The Balaban J connectivity index is 1.89. The molecular weight excluding hydrogens is 242 g/mol.